The molecule has 0 unspecified atom stereocenters. The predicted octanol–water partition coefficient (Wildman–Crippen LogP) is 3.44. The van der Waals surface area contributed by atoms with Crippen molar-refractivity contribution in [1.82, 2.24) is 0 Å². The van der Waals surface area contributed by atoms with Crippen LogP contribution in [0, 0.1) is 0 Å². The Morgan fingerprint density at radius 3 is 2.68 bits per heavy atom. The molecular weight excluding hydrogens is 260 g/mol. The number of aliphatic imine (C=N–C) groups is 1. The number of hydrogen-bond donors (Lipinski definition) is 0. The highest BCUT2D eigenvalue weighted by atomic mass is 35.5. The van der Waals surface area contributed by atoms with Gasteiger partial charge in [0.05, 0.1) is 23.6 Å². The molecular formula is C15H11ClN2O. The molecule has 3 nitrogen and oxygen atoms in total. The van der Waals surface area contributed by atoms with E-state index in [0.29, 0.717) is 11.6 Å². The third-order valence-electron chi connectivity index (χ3n) is 3.06. The average Bonchev–Trinajstić information content (AvgIpc) is 2.46. The highest BCUT2D eigenvalue weighted by Gasteiger charge is 2.19. The van der Waals surface area contributed by atoms with Gasteiger partial charge in [-0.25, -0.2) is 4.99 Å². The number of halogens is 1. The van der Waals surface area contributed by atoms with Gasteiger partial charge in [-0.1, -0.05) is 41.9 Å². The van der Waals surface area contributed by atoms with E-state index in [1.807, 2.05) is 36.4 Å². The van der Waals surface area contributed by atoms with E-state index in [9.17, 15) is 4.79 Å². The predicted molar refractivity (Wildman–Crippen MR) is 77.5 cm³/mol. The van der Waals surface area contributed by atoms with Crippen LogP contribution in [-0.2, 0) is 4.79 Å². The number of carbonyl (C=O) groups is 1. The van der Waals surface area contributed by atoms with Crippen molar-refractivity contribution < 1.29 is 4.79 Å². The minimum absolute atomic E-state index is 0.474. The van der Waals surface area contributed by atoms with E-state index in [2.05, 4.69) is 4.99 Å². The zero-order valence-electron chi connectivity index (χ0n) is 10.1. The monoisotopic (exact) mass is 270 g/mol. The second kappa shape index (κ2) is 4.86. The van der Waals surface area contributed by atoms with Gasteiger partial charge in [0.15, 0.2) is 0 Å². The summed E-state index contributed by atoms with van der Waals surface area (Å²) in [5.74, 6) is 0. The Morgan fingerprint density at radius 1 is 1.16 bits per heavy atom. The lowest BCUT2D eigenvalue weighted by Gasteiger charge is -2.25. The number of anilines is 1. The van der Waals surface area contributed by atoms with Gasteiger partial charge in [0.1, 0.15) is 0 Å². The fourth-order valence-corrected chi connectivity index (χ4v) is 2.30. The molecule has 0 N–H and O–H groups in total. The van der Waals surface area contributed by atoms with Gasteiger partial charge < -0.3 is 4.90 Å². The molecule has 0 fully saturated rings. The summed E-state index contributed by atoms with van der Waals surface area (Å²) in [4.78, 5) is 17.5. The molecule has 2 aromatic rings. The Balaban J connectivity index is 2.12. The molecule has 0 saturated carbocycles. The number of amides is 1. The molecule has 0 saturated heterocycles. The summed E-state index contributed by atoms with van der Waals surface area (Å²) in [6, 6.07) is 15.2. The van der Waals surface area contributed by atoms with Crippen LogP contribution in [0.1, 0.15) is 5.56 Å². The van der Waals surface area contributed by atoms with Crippen molar-refractivity contribution in [2.45, 2.75) is 0 Å². The van der Waals surface area contributed by atoms with Crippen molar-refractivity contribution in [2.75, 3.05) is 11.4 Å². The molecule has 0 spiro atoms. The first-order chi connectivity index (χ1) is 9.28. The van der Waals surface area contributed by atoms with Gasteiger partial charge in [-0.3, -0.25) is 4.79 Å². The maximum absolute atomic E-state index is 11.2. The van der Waals surface area contributed by atoms with Crippen LogP contribution in [-0.4, -0.2) is 18.7 Å². The quantitative estimate of drug-likeness (QED) is 0.770. The standard InChI is InChI=1S/C15H11ClN2O/c16-12-6-7-15-13(8-12)17-14(9-18(15)10-19)11-4-2-1-3-5-11/h1-8,10H,9H2. The number of nitrogens with zero attached hydrogens (tertiary/aromatic N) is 2. The summed E-state index contributed by atoms with van der Waals surface area (Å²) in [6.07, 6.45) is 0.824. The van der Waals surface area contributed by atoms with Crippen LogP contribution in [0.4, 0.5) is 11.4 Å². The van der Waals surface area contributed by atoms with Crippen molar-refractivity contribution in [3.63, 3.8) is 0 Å². The lowest BCUT2D eigenvalue weighted by atomic mass is 10.1. The van der Waals surface area contributed by atoms with Crippen LogP contribution in [0.3, 0.4) is 0 Å². The van der Waals surface area contributed by atoms with E-state index >= 15 is 0 Å². The molecule has 0 aromatic heterocycles. The fourth-order valence-electron chi connectivity index (χ4n) is 2.14. The van der Waals surface area contributed by atoms with E-state index in [0.717, 1.165) is 29.1 Å². The van der Waals surface area contributed by atoms with E-state index in [1.54, 1.807) is 17.0 Å². The molecule has 0 aliphatic carbocycles. The molecule has 19 heavy (non-hydrogen) atoms. The first-order valence-corrected chi connectivity index (χ1v) is 6.30. The molecule has 1 aliphatic rings. The molecule has 1 amide bonds. The fraction of sp³-hybridized carbons (Fsp3) is 0.0667. The molecule has 0 radical (unpaired) electrons. The van der Waals surface area contributed by atoms with Gasteiger partial charge in [-0.15, -0.1) is 0 Å². The first-order valence-electron chi connectivity index (χ1n) is 5.92. The summed E-state index contributed by atoms with van der Waals surface area (Å²) in [7, 11) is 0. The van der Waals surface area contributed by atoms with E-state index in [-0.39, 0.29) is 0 Å². The van der Waals surface area contributed by atoms with Crippen molar-refractivity contribution in [3.05, 3.63) is 59.1 Å². The number of hydrogen-bond acceptors (Lipinski definition) is 2. The summed E-state index contributed by atoms with van der Waals surface area (Å²) >= 11 is 5.99. The Morgan fingerprint density at radius 2 is 1.95 bits per heavy atom. The smallest absolute Gasteiger partial charge is 0.214 e. The van der Waals surface area contributed by atoms with Crippen LogP contribution in [0.15, 0.2) is 53.5 Å². The first kappa shape index (κ1) is 11.9. The van der Waals surface area contributed by atoms with Crippen molar-refractivity contribution in [2.24, 2.45) is 4.99 Å². The average molecular weight is 271 g/mol. The molecule has 1 heterocycles. The van der Waals surface area contributed by atoms with Gasteiger partial charge in [0, 0.05) is 5.02 Å². The Bertz CT molecular complexity index is 652. The minimum atomic E-state index is 0.474. The summed E-state index contributed by atoms with van der Waals surface area (Å²) < 4.78 is 0. The topological polar surface area (TPSA) is 32.7 Å². The second-order valence-corrected chi connectivity index (χ2v) is 4.73. The van der Waals surface area contributed by atoms with Crippen LogP contribution in [0.2, 0.25) is 5.02 Å². The summed E-state index contributed by atoms with van der Waals surface area (Å²) in [6.45, 7) is 0.474. The molecule has 1 aliphatic heterocycles. The highest BCUT2D eigenvalue weighted by molar-refractivity contribution is 6.31. The summed E-state index contributed by atoms with van der Waals surface area (Å²) in [5.41, 5.74) is 3.39. The summed E-state index contributed by atoms with van der Waals surface area (Å²) in [5, 5.41) is 0.614. The van der Waals surface area contributed by atoms with Gasteiger partial charge in [-0.05, 0) is 23.8 Å². The molecule has 0 bridgehead atoms. The number of rotatable bonds is 2. The van der Waals surface area contributed by atoms with Crippen molar-refractivity contribution in [1.29, 1.82) is 0 Å². The van der Waals surface area contributed by atoms with Gasteiger partial charge >= 0.3 is 0 Å². The van der Waals surface area contributed by atoms with E-state index in [4.69, 9.17) is 11.6 Å². The molecule has 3 rings (SSSR count). The van der Waals surface area contributed by atoms with Crippen molar-refractivity contribution >= 4 is 35.1 Å². The van der Waals surface area contributed by atoms with Crippen molar-refractivity contribution in [3.8, 4) is 0 Å². The zero-order valence-corrected chi connectivity index (χ0v) is 10.8. The lowest BCUT2D eigenvalue weighted by Crippen LogP contribution is -2.31. The number of fused-ring (bicyclic) bond motifs is 1. The van der Waals surface area contributed by atoms with Crippen LogP contribution >= 0.6 is 11.6 Å². The maximum atomic E-state index is 11.2. The van der Waals surface area contributed by atoms with E-state index in [1.165, 1.54) is 0 Å². The highest BCUT2D eigenvalue weighted by Crippen LogP contribution is 2.34. The SMILES string of the molecule is O=CN1CC(c2ccccc2)=Nc2cc(Cl)ccc21. The van der Waals surface area contributed by atoms with Crippen LogP contribution in [0.25, 0.3) is 0 Å². The Kier molecular flexibility index (Phi) is 3.05. The van der Waals surface area contributed by atoms with Crippen LogP contribution in [0.5, 0.6) is 0 Å². The molecule has 2 aromatic carbocycles. The molecule has 4 heteroatoms. The molecule has 94 valence electrons. The van der Waals surface area contributed by atoms with Crippen LogP contribution < -0.4 is 4.90 Å². The van der Waals surface area contributed by atoms with Gasteiger partial charge in [0.25, 0.3) is 0 Å². The zero-order chi connectivity index (χ0) is 13.2. The second-order valence-electron chi connectivity index (χ2n) is 4.29. The van der Waals surface area contributed by atoms with Gasteiger partial charge in [-0.2, -0.15) is 0 Å². The lowest BCUT2D eigenvalue weighted by molar-refractivity contribution is -0.107. The number of carbonyl (C=O) groups excluding carboxylic acids is 1. The Labute approximate surface area is 116 Å². The third-order valence-corrected chi connectivity index (χ3v) is 3.29. The third kappa shape index (κ3) is 2.25. The minimum Gasteiger partial charge on any atom is -0.307 e. The maximum Gasteiger partial charge on any atom is 0.214 e. The van der Waals surface area contributed by atoms with Gasteiger partial charge in [0.2, 0.25) is 6.41 Å². The normalized spacial score (nSPS) is 13.7. The van der Waals surface area contributed by atoms with E-state index < -0.39 is 0 Å². The molecule has 0 atom stereocenters. The largest absolute Gasteiger partial charge is 0.307 e. The Hall–Kier alpha value is -2.13. The number of benzene rings is 2.